The first kappa shape index (κ1) is 12.8. The highest BCUT2D eigenvalue weighted by Crippen LogP contribution is 2.21. The zero-order valence-electron chi connectivity index (χ0n) is 10.3. The monoisotopic (exact) mass is 265 g/mol. The summed E-state index contributed by atoms with van der Waals surface area (Å²) in [7, 11) is 1.33. The molecule has 0 aliphatic rings. The van der Waals surface area contributed by atoms with Gasteiger partial charge in [-0.3, -0.25) is 14.4 Å². The molecule has 8 heteroatoms. The topological polar surface area (TPSA) is 117 Å². The molecule has 100 valence electrons. The molecule has 8 nitrogen and oxygen atoms in total. The Labute approximate surface area is 106 Å². The Balaban J connectivity index is 2.56. The molecule has 2 rings (SSSR count). The molecule has 1 amide bonds. The van der Waals surface area contributed by atoms with Crippen molar-refractivity contribution in [3.05, 3.63) is 28.0 Å². The Morgan fingerprint density at radius 1 is 1.53 bits per heavy atom. The van der Waals surface area contributed by atoms with Crippen LogP contribution in [0.5, 0.6) is 0 Å². The highest BCUT2D eigenvalue weighted by molar-refractivity contribution is 6.06. The average molecular weight is 265 g/mol. The number of hydrogen-bond donors (Lipinski definition) is 2. The van der Waals surface area contributed by atoms with Crippen molar-refractivity contribution in [3.8, 4) is 0 Å². The number of nitrogens with one attached hydrogen (secondary N) is 1. The Morgan fingerprint density at radius 2 is 2.21 bits per heavy atom. The van der Waals surface area contributed by atoms with Crippen LogP contribution in [0.2, 0.25) is 0 Å². The van der Waals surface area contributed by atoms with Gasteiger partial charge in [0.25, 0.3) is 11.5 Å². The van der Waals surface area contributed by atoms with E-state index in [0.29, 0.717) is 0 Å². The van der Waals surface area contributed by atoms with Gasteiger partial charge in [-0.15, -0.1) is 0 Å². The Bertz CT molecular complexity index is 715. The van der Waals surface area contributed by atoms with Gasteiger partial charge in [0, 0.05) is 7.05 Å². The van der Waals surface area contributed by atoms with E-state index in [2.05, 4.69) is 9.97 Å². The molecular weight excluding hydrogens is 254 g/mol. The maximum Gasteiger partial charge on any atom is 0.323 e. The van der Waals surface area contributed by atoms with Crippen molar-refractivity contribution in [1.82, 2.24) is 14.9 Å². The highest BCUT2D eigenvalue weighted by Gasteiger charge is 2.25. The van der Waals surface area contributed by atoms with Crippen LogP contribution < -0.4 is 5.56 Å². The van der Waals surface area contributed by atoms with Gasteiger partial charge in [-0.25, -0.2) is 4.98 Å². The summed E-state index contributed by atoms with van der Waals surface area (Å²) < 4.78 is 5.23. The molecular formula is C11H11N3O5. The number of carbonyl (C=O) groups excluding carboxylic acids is 1. The van der Waals surface area contributed by atoms with Crippen molar-refractivity contribution in [3.63, 3.8) is 0 Å². The first-order valence-electron chi connectivity index (χ1n) is 5.36. The number of amides is 1. The molecule has 2 aromatic heterocycles. The van der Waals surface area contributed by atoms with Crippen molar-refractivity contribution in [1.29, 1.82) is 0 Å². The van der Waals surface area contributed by atoms with Crippen molar-refractivity contribution in [2.45, 2.75) is 6.92 Å². The SMILES string of the molecule is Cc1oc2nc[nH]c(=O)c2c1C(=O)N(C)CC(=O)O. The molecule has 2 aromatic rings. The van der Waals surface area contributed by atoms with Crippen molar-refractivity contribution in [2.24, 2.45) is 0 Å². The third kappa shape index (κ3) is 2.19. The predicted octanol–water partition coefficient (Wildman–Crippen LogP) is -0.0189. The van der Waals surface area contributed by atoms with Crippen LogP contribution in [-0.2, 0) is 4.79 Å². The van der Waals surface area contributed by atoms with Gasteiger partial charge in [0.05, 0.1) is 11.9 Å². The summed E-state index contributed by atoms with van der Waals surface area (Å²) in [5, 5.41) is 8.70. The van der Waals surface area contributed by atoms with Gasteiger partial charge in [0.15, 0.2) is 0 Å². The van der Waals surface area contributed by atoms with E-state index in [0.717, 1.165) is 4.90 Å². The van der Waals surface area contributed by atoms with Crippen LogP contribution >= 0.6 is 0 Å². The maximum atomic E-state index is 12.2. The van der Waals surface area contributed by atoms with E-state index in [9.17, 15) is 14.4 Å². The lowest BCUT2D eigenvalue weighted by atomic mass is 10.1. The quantitative estimate of drug-likeness (QED) is 0.805. The molecule has 0 spiro atoms. The molecule has 0 saturated carbocycles. The number of aryl methyl sites for hydroxylation is 1. The number of hydrogen-bond acceptors (Lipinski definition) is 5. The Morgan fingerprint density at radius 3 is 2.84 bits per heavy atom. The Hall–Kier alpha value is -2.64. The summed E-state index contributed by atoms with van der Waals surface area (Å²) in [5.74, 6) is -1.52. The van der Waals surface area contributed by atoms with Gasteiger partial charge in [0.2, 0.25) is 5.71 Å². The van der Waals surface area contributed by atoms with Crippen LogP contribution in [0, 0.1) is 6.92 Å². The third-order valence-corrected chi connectivity index (χ3v) is 2.60. The fraction of sp³-hybridized carbons (Fsp3) is 0.273. The van der Waals surface area contributed by atoms with Crippen molar-refractivity contribution < 1.29 is 19.1 Å². The van der Waals surface area contributed by atoms with Crippen LogP contribution in [0.4, 0.5) is 0 Å². The number of carboxylic acids is 1. The number of aromatic nitrogens is 2. The van der Waals surface area contributed by atoms with Crippen LogP contribution in [0.3, 0.4) is 0 Å². The van der Waals surface area contributed by atoms with Gasteiger partial charge in [0.1, 0.15) is 17.7 Å². The number of furan rings is 1. The first-order chi connectivity index (χ1) is 8.91. The van der Waals surface area contributed by atoms with Gasteiger partial charge in [-0.05, 0) is 6.92 Å². The number of carboxylic acid groups (broad SMARTS) is 1. The molecule has 0 atom stereocenters. The molecule has 2 heterocycles. The molecule has 19 heavy (non-hydrogen) atoms. The third-order valence-electron chi connectivity index (χ3n) is 2.60. The normalized spacial score (nSPS) is 10.6. The minimum Gasteiger partial charge on any atom is -0.480 e. The fourth-order valence-corrected chi connectivity index (χ4v) is 1.78. The van der Waals surface area contributed by atoms with Crippen LogP contribution in [-0.4, -0.2) is 45.4 Å². The van der Waals surface area contributed by atoms with Crippen LogP contribution in [0.25, 0.3) is 11.1 Å². The lowest BCUT2D eigenvalue weighted by Gasteiger charge is -2.13. The molecule has 0 saturated heterocycles. The standard InChI is InChI=1S/C11H11N3O5/c1-5-7(11(18)14(2)3-6(15)16)8-9(17)12-4-13-10(8)19-5/h4H,3H2,1-2H3,(H,15,16)(H,12,13,17). The number of H-pyrrole nitrogens is 1. The second-order valence-corrected chi connectivity index (χ2v) is 4.00. The van der Waals surface area contributed by atoms with Gasteiger partial charge >= 0.3 is 5.97 Å². The van der Waals surface area contributed by atoms with Crippen molar-refractivity contribution in [2.75, 3.05) is 13.6 Å². The number of likely N-dealkylation sites (N-methyl/N-ethyl adjacent to an activating group) is 1. The second-order valence-electron chi connectivity index (χ2n) is 4.00. The molecule has 0 unspecified atom stereocenters. The number of carbonyl (C=O) groups is 2. The lowest BCUT2D eigenvalue weighted by Crippen LogP contribution is -2.32. The molecule has 0 aliphatic heterocycles. The summed E-state index contributed by atoms with van der Waals surface area (Å²) >= 11 is 0. The van der Waals surface area contributed by atoms with E-state index in [1.54, 1.807) is 0 Å². The van der Waals surface area contributed by atoms with Crippen LogP contribution in [0.15, 0.2) is 15.5 Å². The van der Waals surface area contributed by atoms with E-state index in [1.165, 1.54) is 20.3 Å². The second kappa shape index (κ2) is 4.56. The fourth-order valence-electron chi connectivity index (χ4n) is 1.78. The Kier molecular flexibility index (Phi) is 3.07. The van der Waals surface area contributed by atoms with Gasteiger partial charge < -0.3 is 19.4 Å². The summed E-state index contributed by atoms with van der Waals surface area (Å²) in [5.41, 5.74) is -0.421. The summed E-state index contributed by atoms with van der Waals surface area (Å²) in [6.45, 7) is 1.05. The van der Waals surface area contributed by atoms with E-state index < -0.39 is 24.0 Å². The smallest absolute Gasteiger partial charge is 0.323 e. The lowest BCUT2D eigenvalue weighted by molar-refractivity contribution is -0.137. The van der Waals surface area contributed by atoms with E-state index in [4.69, 9.17) is 9.52 Å². The average Bonchev–Trinajstić information content (AvgIpc) is 2.65. The first-order valence-corrected chi connectivity index (χ1v) is 5.36. The van der Waals surface area contributed by atoms with E-state index in [1.807, 2.05) is 0 Å². The summed E-state index contributed by atoms with van der Waals surface area (Å²) in [6, 6.07) is 0. The molecule has 2 N–H and O–H groups in total. The van der Waals surface area contributed by atoms with E-state index in [-0.39, 0.29) is 22.4 Å². The predicted molar refractivity (Wildman–Crippen MR) is 64.0 cm³/mol. The molecule has 0 fully saturated rings. The largest absolute Gasteiger partial charge is 0.480 e. The van der Waals surface area contributed by atoms with Crippen LogP contribution in [0.1, 0.15) is 16.1 Å². The molecule has 0 aliphatic carbocycles. The zero-order valence-corrected chi connectivity index (χ0v) is 10.3. The van der Waals surface area contributed by atoms with E-state index >= 15 is 0 Å². The number of rotatable bonds is 3. The molecule has 0 radical (unpaired) electrons. The number of fused-ring (bicyclic) bond motifs is 1. The summed E-state index contributed by atoms with van der Waals surface area (Å²) in [4.78, 5) is 41.6. The minimum absolute atomic E-state index is 0.0299. The zero-order chi connectivity index (χ0) is 14.2. The molecule has 0 bridgehead atoms. The maximum absolute atomic E-state index is 12.2. The number of aromatic amines is 1. The highest BCUT2D eigenvalue weighted by atomic mass is 16.4. The van der Waals surface area contributed by atoms with Gasteiger partial charge in [-0.2, -0.15) is 0 Å². The summed E-state index contributed by atoms with van der Waals surface area (Å²) in [6.07, 6.45) is 1.17. The van der Waals surface area contributed by atoms with Crippen molar-refractivity contribution >= 4 is 23.0 Å². The van der Waals surface area contributed by atoms with Gasteiger partial charge in [-0.1, -0.05) is 0 Å². The minimum atomic E-state index is -1.15. The molecule has 0 aromatic carbocycles. The number of aliphatic carboxylic acids is 1. The number of nitrogens with zero attached hydrogens (tertiary/aromatic N) is 2.